The number of phenols is 1. The highest BCUT2D eigenvalue weighted by molar-refractivity contribution is 6.00. The molecule has 2 heterocycles. The Morgan fingerprint density at radius 1 is 1.10 bits per heavy atom. The second-order valence-corrected chi connectivity index (χ2v) is 7.26. The first-order valence-electron chi connectivity index (χ1n) is 9.90. The number of methoxy groups -OCH3 is 2. The zero-order valence-electron chi connectivity index (χ0n) is 17.3. The van der Waals surface area contributed by atoms with Crippen LogP contribution in [0.3, 0.4) is 0 Å². The number of phenolic OH excluding ortho intramolecular Hbond substituents is 1. The Kier molecular flexibility index (Phi) is 5.57. The fraction of sp³-hybridized carbons (Fsp3) is 0.304. The van der Waals surface area contributed by atoms with Crippen LogP contribution in [0.25, 0.3) is 11.3 Å². The number of fused-ring (bicyclic) bond motifs is 1. The molecule has 156 valence electrons. The number of H-pyrrole nitrogens is 1. The first-order chi connectivity index (χ1) is 14.6. The minimum atomic E-state index is -0.541. The van der Waals surface area contributed by atoms with E-state index in [1.165, 1.54) is 5.56 Å². The van der Waals surface area contributed by atoms with Crippen molar-refractivity contribution in [2.75, 3.05) is 20.8 Å². The number of nitrogens with one attached hydrogen (secondary N) is 1. The zero-order chi connectivity index (χ0) is 21.3. The van der Waals surface area contributed by atoms with Gasteiger partial charge in [-0.1, -0.05) is 31.2 Å². The summed E-state index contributed by atoms with van der Waals surface area (Å²) in [4.78, 5) is 15.0. The summed E-state index contributed by atoms with van der Waals surface area (Å²) in [7, 11) is 3.12. The molecule has 0 bridgehead atoms. The van der Waals surface area contributed by atoms with E-state index < -0.39 is 6.29 Å². The zero-order valence-corrected chi connectivity index (χ0v) is 17.3. The summed E-state index contributed by atoms with van der Waals surface area (Å²) < 4.78 is 10.7. The first-order valence-corrected chi connectivity index (χ1v) is 9.90. The fourth-order valence-electron chi connectivity index (χ4n) is 3.91. The van der Waals surface area contributed by atoms with E-state index in [2.05, 4.69) is 41.4 Å². The number of rotatable bonds is 7. The molecule has 1 aliphatic heterocycles. The van der Waals surface area contributed by atoms with Gasteiger partial charge in [-0.2, -0.15) is 5.10 Å². The quantitative estimate of drug-likeness (QED) is 0.585. The number of aromatic nitrogens is 2. The number of aryl methyl sites for hydroxylation is 1. The third kappa shape index (κ3) is 3.46. The maximum absolute atomic E-state index is 13.3. The molecule has 3 aromatic rings. The summed E-state index contributed by atoms with van der Waals surface area (Å²) in [5.41, 5.74) is 5.02. The summed E-state index contributed by atoms with van der Waals surface area (Å²) in [5, 5.41) is 17.0. The smallest absolute Gasteiger partial charge is 0.273 e. The number of hydrogen-bond donors (Lipinski definition) is 2. The van der Waals surface area contributed by atoms with Gasteiger partial charge in [-0.3, -0.25) is 9.89 Å². The molecule has 0 spiro atoms. The van der Waals surface area contributed by atoms with Crippen LogP contribution in [0.1, 0.15) is 40.1 Å². The van der Waals surface area contributed by atoms with Gasteiger partial charge in [0.15, 0.2) is 6.29 Å². The highest BCUT2D eigenvalue weighted by Gasteiger charge is 2.43. The number of ether oxygens (including phenoxy) is 2. The summed E-state index contributed by atoms with van der Waals surface area (Å²) in [5.74, 6) is 0.0320. The van der Waals surface area contributed by atoms with Crippen molar-refractivity contribution < 1.29 is 19.4 Å². The van der Waals surface area contributed by atoms with E-state index in [1.54, 1.807) is 43.4 Å². The summed E-state index contributed by atoms with van der Waals surface area (Å²) in [6.45, 7) is 2.39. The van der Waals surface area contributed by atoms with Gasteiger partial charge in [0.1, 0.15) is 11.4 Å². The minimum Gasteiger partial charge on any atom is -0.508 e. The van der Waals surface area contributed by atoms with Gasteiger partial charge in [0, 0.05) is 25.3 Å². The van der Waals surface area contributed by atoms with Crippen molar-refractivity contribution in [1.82, 2.24) is 15.1 Å². The van der Waals surface area contributed by atoms with E-state index in [9.17, 15) is 9.90 Å². The van der Waals surface area contributed by atoms with Crippen molar-refractivity contribution in [1.29, 1.82) is 0 Å². The highest BCUT2D eigenvalue weighted by Crippen LogP contribution is 2.43. The Labute approximate surface area is 175 Å². The van der Waals surface area contributed by atoms with Crippen LogP contribution in [0.4, 0.5) is 0 Å². The third-order valence-electron chi connectivity index (χ3n) is 5.58. The Bertz CT molecular complexity index is 1020. The van der Waals surface area contributed by atoms with Crippen LogP contribution >= 0.6 is 0 Å². The molecular formula is C23H25N3O4. The van der Waals surface area contributed by atoms with Gasteiger partial charge in [-0.25, -0.2) is 0 Å². The predicted octanol–water partition coefficient (Wildman–Crippen LogP) is 3.51. The number of carbonyl (C=O) groups excluding carboxylic acids is 1. The number of carbonyl (C=O) groups is 1. The first kappa shape index (κ1) is 20.1. The van der Waals surface area contributed by atoms with Crippen LogP contribution in [0.5, 0.6) is 5.75 Å². The topological polar surface area (TPSA) is 87.7 Å². The lowest BCUT2D eigenvalue weighted by Crippen LogP contribution is -2.38. The van der Waals surface area contributed by atoms with Crippen molar-refractivity contribution in [3.8, 4) is 17.0 Å². The van der Waals surface area contributed by atoms with Gasteiger partial charge in [0.25, 0.3) is 5.91 Å². The molecule has 1 aliphatic rings. The molecule has 1 atom stereocenters. The molecular weight excluding hydrogens is 382 g/mol. The second kappa shape index (κ2) is 8.30. The van der Waals surface area contributed by atoms with Crippen LogP contribution < -0.4 is 0 Å². The third-order valence-corrected chi connectivity index (χ3v) is 5.58. The van der Waals surface area contributed by atoms with E-state index in [0.717, 1.165) is 23.1 Å². The fourth-order valence-corrected chi connectivity index (χ4v) is 3.91. The van der Waals surface area contributed by atoms with Crippen LogP contribution in [0.2, 0.25) is 0 Å². The monoisotopic (exact) mass is 407 g/mol. The lowest BCUT2D eigenvalue weighted by atomic mass is 9.95. The molecule has 2 N–H and O–H groups in total. The van der Waals surface area contributed by atoms with Gasteiger partial charge in [0.05, 0.1) is 18.3 Å². The number of nitrogens with zero attached hydrogens (tertiary/aromatic N) is 2. The van der Waals surface area contributed by atoms with Crippen molar-refractivity contribution in [2.45, 2.75) is 25.7 Å². The van der Waals surface area contributed by atoms with Gasteiger partial charge in [-0.05, 0) is 41.8 Å². The Morgan fingerprint density at radius 3 is 2.37 bits per heavy atom. The minimum absolute atomic E-state index is 0.147. The highest BCUT2D eigenvalue weighted by atomic mass is 16.7. The molecule has 0 aliphatic carbocycles. The summed E-state index contributed by atoms with van der Waals surface area (Å²) in [6.07, 6.45) is 0.402. The van der Waals surface area contributed by atoms with E-state index in [4.69, 9.17) is 9.47 Å². The van der Waals surface area contributed by atoms with Crippen molar-refractivity contribution in [3.05, 3.63) is 70.9 Å². The molecule has 4 rings (SSSR count). The number of aromatic hydroxyl groups is 1. The van der Waals surface area contributed by atoms with E-state index in [-0.39, 0.29) is 24.2 Å². The molecule has 0 radical (unpaired) electrons. The number of amides is 1. The average Bonchev–Trinajstić information content (AvgIpc) is 3.32. The maximum Gasteiger partial charge on any atom is 0.273 e. The normalized spacial score (nSPS) is 15.8. The number of benzene rings is 2. The maximum atomic E-state index is 13.3. The van der Waals surface area contributed by atoms with E-state index >= 15 is 0 Å². The lowest BCUT2D eigenvalue weighted by Gasteiger charge is -2.29. The van der Waals surface area contributed by atoms with Gasteiger partial charge >= 0.3 is 0 Å². The number of hydrogen-bond acceptors (Lipinski definition) is 5. The number of aromatic amines is 1. The molecule has 1 unspecified atom stereocenters. The Balaban J connectivity index is 1.83. The molecule has 7 nitrogen and oxygen atoms in total. The van der Waals surface area contributed by atoms with Crippen LogP contribution in [-0.2, 0) is 15.9 Å². The van der Waals surface area contributed by atoms with Gasteiger partial charge in [0.2, 0.25) is 0 Å². The SMILES string of the molecule is CCc1ccc(C2c3c(-c4ccc(O)cc4)n[nH]c3C(=O)N2CC(OC)OC)cc1. The molecule has 0 saturated heterocycles. The largest absolute Gasteiger partial charge is 0.508 e. The van der Waals surface area contributed by atoms with Gasteiger partial charge < -0.3 is 19.5 Å². The average molecular weight is 407 g/mol. The summed E-state index contributed by atoms with van der Waals surface area (Å²) >= 11 is 0. The van der Waals surface area contributed by atoms with Gasteiger partial charge in [-0.15, -0.1) is 0 Å². The molecule has 30 heavy (non-hydrogen) atoms. The molecule has 0 fully saturated rings. The van der Waals surface area contributed by atoms with Crippen LogP contribution in [0, 0.1) is 0 Å². The molecule has 2 aromatic carbocycles. The van der Waals surface area contributed by atoms with Crippen LogP contribution in [-0.4, -0.2) is 53.2 Å². The Morgan fingerprint density at radius 2 is 1.77 bits per heavy atom. The summed E-state index contributed by atoms with van der Waals surface area (Å²) in [6, 6.07) is 14.8. The van der Waals surface area contributed by atoms with Crippen molar-refractivity contribution in [2.24, 2.45) is 0 Å². The lowest BCUT2D eigenvalue weighted by molar-refractivity contribution is -0.113. The Hall–Kier alpha value is -3.16. The molecule has 1 amide bonds. The predicted molar refractivity (Wildman–Crippen MR) is 112 cm³/mol. The van der Waals surface area contributed by atoms with E-state index in [0.29, 0.717) is 11.4 Å². The van der Waals surface area contributed by atoms with Crippen molar-refractivity contribution in [3.63, 3.8) is 0 Å². The molecule has 0 saturated carbocycles. The van der Waals surface area contributed by atoms with Crippen molar-refractivity contribution >= 4 is 5.91 Å². The second-order valence-electron chi connectivity index (χ2n) is 7.26. The molecule has 1 aromatic heterocycles. The van der Waals surface area contributed by atoms with Crippen LogP contribution in [0.15, 0.2) is 48.5 Å². The standard InChI is InChI=1S/C23H25N3O4/c1-4-14-5-7-16(8-6-14)22-19-20(15-9-11-17(27)12-10-15)24-25-21(19)23(28)26(22)13-18(29-2)30-3/h5-12,18,22,27H,4,13H2,1-3H3,(H,24,25). The molecule has 7 heteroatoms. The van der Waals surface area contributed by atoms with E-state index in [1.807, 2.05) is 0 Å².